The van der Waals surface area contributed by atoms with Crippen molar-refractivity contribution in [3.8, 4) is 11.5 Å². The number of hydrogen-bond donors (Lipinski definition) is 0. The Morgan fingerprint density at radius 2 is 1.83 bits per heavy atom. The number of carbonyl (C=O) groups excluding carboxylic acids is 1. The van der Waals surface area contributed by atoms with E-state index in [0.717, 1.165) is 5.56 Å². The van der Waals surface area contributed by atoms with Crippen LogP contribution in [-0.2, 0) is 4.79 Å². The van der Waals surface area contributed by atoms with Crippen LogP contribution in [0.5, 0.6) is 11.5 Å². The summed E-state index contributed by atoms with van der Waals surface area (Å²) in [5.74, 6) is 2.39. The molecule has 120 valence electrons. The van der Waals surface area contributed by atoms with Crippen LogP contribution in [-0.4, -0.2) is 30.9 Å². The monoisotopic (exact) mass is 394 g/mol. The number of anilines is 1. The first kappa shape index (κ1) is 16.1. The van der Waals surface area contributed by atoms with Crippen LogP contribution in [0.4, 0.5) is 5.82 Å². The van der Waals surface area contributed by atoms with E-state index in [1.807, 2.05) is 36.4 Å². The summed E-state index contributed by atoms with van der Waals surface area (Å²) in [6.07, 6.45) is 0. The third kappa shape index (κ3) is 3.03. The predicted octanol–water partition coefficient (Wildman–Crippen LogP) is 3.64. The minimum absolute atomic E-state index is 0.0126. The van der Waals surface area contributed by atoms with E-state index >= 15 is 0 Å². The summed E-state index contributed by atoms with van der Waals surface area (Å²) in [6, 6.07) is 11.1. The Morgan fingerprint density at radius 1 is 1.17 bits per heavy atom. The van der Waals surface area contributed by atoms with Gasteiger partial charge in [-0.3, -0.25) is 9.69 Å². The van der Waals surface area contributed by atoms with Crippen molar-refractivity contribution in [2.24, 2.45) is 0 Å². The highest BCUT2D eigenvalue weighted by Gasteiger charge is 2.38. The summed E-state index contributed by atoms with van der Waals surface area (Å²) in [7, 11) is 3.23. The van der Waals surface area contributed by atoms with Crippen LogP contribution in [0.1, 0.15) is 10.9 Å². The third-order valence-corrected chi connectivity index (χ3v) is 5.15. The number of amides is 1. The van der Waals surface area contributed by atoms with Crippen molar-refractivity contribution in [3.63, 3.8) is 0 Å². The molecule has 1 unspecified atom stereocenters. The molecule has 1 aliphatic heterocycles. The van der Waals surface area contributed by atoms with Crippen LogP contribution in [0.2, 0.25) is 0 Å². The van der Waals surface area contributed by atoms with E-state index in [4.69, 9.17) is 9.47 Å². The number of methoxy groups -OCH3 is 2. The number of rotatable bonds is 4. The van der Waals surface area contributed by atoms with Gasteiger partial charge in [0, 0.05) is 0 Å². The first-order valence-electron chi connectivity index (χ1n) is 6.93. The molecule has 1 aliphatic rings. The number of carbonyl (C=O) groups is 1. The Balaban J connectivity index is 2.10. The molecule has 1 aromatic heterocycles. The van der Waals surface area contributed by atoms with Crippen molar-refractivity contribution in [2.45, 2.75) is 5.37 Å². The van der Waals surface area contributed by atoms with Crippen molar-refractivity contribution in [3.05, 3.63) is 46.6 Å². The number of thioether (sulfide) groups is 1. The number of hydrogen-bond acceptors (Lipinski definition) is 5. The second kappa shape index (κ2) is 6.80. The normalized spacial score (nSPS) is 17.4. The molecule has 1 aromatic carbocycles. The Hall–Kier alpha value is -1.73. The lowest BCUT2D eigenvalue weighted by Crippen LogP contribution is -2.29. The van der Waals surface area contributed by atoms with Gasteiger partial charge in [-0.1, -0.05) is 12.1 Å². The fraction of sp³-hybridized carbons (Fsp3) is 0.250. The molecule has 0 radical (unpaired) electrons. The predicted molar refractivity (Wildman–Crippen MR) is 94.2 cm³/mol. The molecule has 0 bridgehead atoms. The second-order valence-corrected chi connectivity index (χ2v) is 6.70. The van der Waals surface area contributed by atoms with E-state index in [1.54, 1.807) is 19.1 Å². The van der Waals surface area contributed by atoms with Gasteiger partial charge in [0.2, 0.25) is 5.91 Å². The molecule has 0 spiro atoms. The highest BCUT2D eigenvalue weighted by molar-refractivity contribution is 9.10. The summed E-state index contributed by atoms with van der Waals surface area (Å²) in [5.41, 5.74) is 0.843. The first-order chi connectivity index (χ1) is 11.2. The average Bonchev–Trinajstić information content (AvgIpc) is 2.95. The minimum Gasteiger partial charge on any atom is -0.496 e. The van der Waals surface area contributed by atoms with Crippen molar-refractivity contribution < 1.29 is 14.3 Å². The van der Waals surface area contributed by atoms with Gasteiger partial charge in [-0.15, -0.1) is 11.8 Å². The summed E-state index contributed by atoms with van der Waals surface area (Å²) in [4.78, 5) is 18.5. The molecule has 5 nitrogen and oxygen atoms in total. The molecule has 1 saturated heterocycles. The maximum Gasteiger partial charge on any atom is 0.239 e. The molecule has 0 aliphatic carbocycles. The average molecular weight is 395 g/mol. The van der Waals surface area contributed by atoms with Crippen molar-refractivity contribution in [1.82, 2.24) is 4.98 Å². The summed E-state index contributed by atoms with van der Waals surface area (Å²) < 4.78 is 11.7. The second-order valence-electron chi connectivity index (χ2n) is 4.82. The van der Waals surface area contributed by atoms with Crippen molar-refractivity contribution in [2.75, 3.05) is 24.9 Å². The number of nitrogens with zero attached hydrogens (tertiary/aromatic N) is 2. The van der Waals surface area contributed by atoms with Crippen LogP contribution in [0.3, 0.4) is 0 Å². The Bertz CT molecular complexity index is 719. The lowest BCUT2D eigenvalue weighted by Gasteiger charge is -2.26. The first-order valence-corrected chi connectivity index (χ1v) is 8.77. The molecule has 1 amide bonds. The minimum atomic E-state index is -0.240. The smallest absolute Gasteiger partial charge is 0.239 e. The zero-order chi connectivity index (χ0) is 16.4. The SMILES string of the molecule is COc1cccc(OC)c1C1SCC(=O)N1c1cccc(Br)n1. The highest BCUT2D eigenvalue weighted by Crippen LogP contribution is 2.48. The highest BCUT2D eigenvalue weighted by atomic mass is 79.9. The van der Waals surface area contributed by atoms with Gasteiger partial charge in [0.1, 0.15) is 27.3 Å². The zero-order valence-electron chi connectivity index (χ0n) is 12.7. The maximum atomic E-state index is 12.4. The third-order valence-electron chi connectivity index (χ3n) is 3.53. The van der Waals surface area contributed by atoms with Gasteiger partial charge in [-0.25, -0.2) is 4.98 Å². The van der Waals surface area contributed by atoms with Crippen LogP contribution < -0.4 is 14.4 Å². The molecule has 23 heavy (non-hydrogen) atoms. The van der Waals surface area contributed by atoms with E-state index in [1.165, 1.54) is 11.8 Å². The van der Waals surface area contributed by atoms with Gasteiger partial charge in [-0.05, 0) is 40.2 Å². The van der Waals surface area contributed by atoms with Crippen LogP contribution >= 0.6 is 27.7 Å². The largest absolute Gasteiger partial charge is 0.496 e. The zero-order valence-corrected chi connectivity index (χ0v) is 15.1. The Labute approximate surface area is 147 Å². The van der Waals surface area contributed by atoms with E-state index in [-0.39, 0.29) is 11.3 Å². The molecule has 0 saturated carbocycles. The van der Waals surface area contributed by atoms with Gasteiger partial charge in [0.05, 0.1) is 25.5 Å². The molecule has 7 heteroatoms. The number of aromatic nitrogens is 1. The lowest BCUT2D eigenvalue weighted by atomic mass is 10.1. The standard InChI is InChI=1S/C16H15BrN2O3S/c1-21-10-5-3-6-11(22-2)15(10)16-19(14(20)9-23-16)13-8-4-7-12(17)18-13/h3-8,16H,9H2,1-2H3. The number of benzene rings is 1. The molecule has 3 rings (SSSR count). The quantitative estimate of drug-likeness (QED) is 0.740. The molecule has 2 aromatic rings. The maximum absolute atomic E-state index is 12.4. The summed E-state index contributed by atoms with van der Waals surface area (Å²) >= 11 is 4.89. The Kier molecular flexibility index (Phi) is 4.77. The van der Waals surface area contributed by atoms with Crippen molar-refractivity contribution >= 4 is 39.4 Å². The van der Waals surface area contributed by atoms with Gasteiger partial charge in [-0.2, -0.15) is 0 Å². The lowest BCUT2D eigenvalue weighted by molar-refractivity contribution is -0.115. The van der Waals surface area contributed by atoms with Crippen LogP contribution in [0, 0.1) is 0 Å². The van der Waals surface area contributed by atoms with E-state index in [9.17, 15) is 4.79 Å². The van der Waals surface area contributed by atoms with Gasteiger partial charge in [0.25, 0.3) is 0 Å². The number of pyridine rings is 1. The number of ether oxygens (including phenoxy) is 2. The number of halogens is 1. The van der Waals surface area contributed by atoms with E-state index in [0.29, 0.717) is 27.7 Å². The van der Waals surface area contributed by atoms with Crippen LogP contribution in [0.25, 0.3) is 0 Å². The van der Waals surface area contributed by atoms with Crippen molar-refractivity contribution in [1.29, 1.82) is 0 Å². The molecular weight excluding hydrogens is 380 g/mol. The van der Waals surface area contributed by atoms with E-state index in [2.05, 4.69) is 20.9 Å². The Morgan fingerprint density at radius 3 is 2.43 bits per heavy atom. The van der Waals surface area contributed by atoms with Gasteiger partial charge >= 0.3 is 0 Å². The summed E-state index contributed by atoms with van der Waals surface area (Å²) in [6.45, 7) is 0. The molecular formula is C16H15BrN2O3S. The molecule has 1 atom stereocenters. The fourth-order valence-corrected chi connectivity index (χ4v) is 4.09. The van der Waals surface area contributed by atoms with E-state index < -0.39 is 0 Å². The van der Waals surface area contributed by atoms with Gasteiger partial charge < -0.3 is 9.47 Å². The fourth-order valence-electron chi connectivity index (χ4n) is 2.54. The molecule has 2 heterocycles. The topological polar surface area (TPSA) is 51.7 Å². The van der Waals surface area contributed by atoms with Crippen LogP contribution in [0.15, 0.2) is 41.0 Å². The summed E-state index contributed by atoms with van der Waals surface area (Å²) in [5, 5.41) is -0.240. The van der Waals surface area contributed by atoms with Gasteiger partial charge in [0.15, 0.2) is 0 Å². The molecule has 0 N–H and O–H groups in total. The molecule has 1 fully saturated rings.